The number of nitrogens with zero attached hydrogens (tertiary/aromatic N) is 6. The van der Waals surface area contributed by atoms with Gasteiger partial charge in [0.05, 0.1) is 38.1 Å². The fourth-order valence-electron chi connectivity index (χ4n) is 5.05. The molecule has 6 aromatic rings. The Morgan fingerprint density at radius 1 is 0.745 bits per heavy atom. The summed E-state index contributed by atoms with van der Waals surface area (Å²) in [4.78, 5) is 33.7. The molecule has 0 bridgehead atoms. The number of hydrogen-bond acceptors (Lipinski definition) is 11. The summed E-state index contributed by atoms with van der Waals surface area (Å²) in [5.74, 6) is -1.31. The minimum Gasteiger partial charge on any atom is -0.478 e. The Kier molecular flexibility index (Phi) is 13.6. The second-order valence-electron chi connectivity index (χ2n) is 16.3. The van der Waals surface area contributed by atoms with Gasteiger partial charge in [-0.1, -0.05) is 63.5 Å². The Bertz CT molecular complexity index is 2170. The molecule has 1 amide bonds. The standard InChI is InChI=1S/C21H30N4O3SSi.C17H21N3O3SSi/c1-21(2,13-26)23-19(27)15-12-25(14-28-10-11-30(3,4)5)24-18(15)20-22-16-8-6-7-9-17(16)29-20;1-25(2,3)9-8-23-11-20-10-12(17(21)22)15(19-20)16-18-13-6-4-5-7-14(13)24-16/h6-9,12,26H,10-11,13-14H2,1-5H3,(H,23,27);4-7,10H,8-9,11H2,1-3H3,(H,21,22). The van der Waals surface area contributed by atoms with Crippen molar-refractivity contribution >= 4 is 71.1 Å². The molecule has 2 aromatic carbocycles. The molecule has 3 N–H and O–H groups in total. The molecule has 4 aromatic heterocycles. The fraction of sp³-hybridized carbons (Fsp3) is 0.421. The number of aromatic nitrogens is 6. The molecule has 0 spiro atoms. The number of aliphatic hydroxyl groups is 1. The van der Waals surface area contributed by atoms with Crippen LogP contribution in [0.1, 0.15) is 34.6 Å². The molecule has 0 aliphatic carbocycles. The van der Waals surface area contributed by atoms with Crippen molar-refractivity contribution < 1.29 is 29.3 Å². The van der Waals surface area contributed by atoms with Crippen LogP contribution in [-0.4, -0.2) is 93.1 Å². The maximum absolute atomic E-state index is 13.0. The van der Waals surface area contributed by atoms with E-state index in [1.807, 2.05) is 48.5 Å². The number of ether oxygens (including phenoxy) is 2. The number of carbonyl (C=O) groups excluding carboxylic acids is 1. The van der Waals surface area contributed by atoms with Crippen LogP contribution in [-0.2, 0) is 22.9 Å². The SMILES string of the molecule is CC(C)(CO)NC(=O)c1cn(COCC[Si](C)(C)C)nc1-c1nc2ccccc2s1.C[Si](C)(C)CCOCn1cc(C(=O)O)c(-c2nc3ccccc3s2)n1. The van der Waals surface area contributed by atoms with E-state index in [-0.39, 0.29) is 31.5 Å². The first kappa shape index (κ1) is 42.0. The molecule has 0 saturated carbocycles. The van der Waals surface area contributed by atoms with Crippen LogP contribution in [0.3, 0.4) is 0 Å². The number of thiazole rings is 2. The summed E-state index contributed by atoms with van der Waals surface area (Å²) in [7, 11) is -2.32. The van der Waals surface area contributed by atoms with E-state index in [4.69, 9.17) is 9.47 Å². The predicted molar refractivity (Wildman–Crippen MR) is 225 cm³/mol. The number of aliphatic hydroxyl groups excluding tert-OH is 1. The highest BCUT2D eigenvalue weighted by atomic mass is 32.1. The Hall–Kier alpha value is -4.11. The average molecular weight is 822 g/mol. The van der Waals surface area contributed by atoms with Gasteiger partial charge in [0.15, 0.2) is 0 Å². The average Bonchev–Trinajstić information content (AvgIpc) is 3.91. The van der Waals surface area contributed by atoms with Gasteiger partial charge in [0.2, 0.25) is 0 Å². The smallest absolute Gasteiger partial charge is 0.339 e. The van der Waals surface area contributed by atoms with E-state index < -0.39 is 27.7 Å². The molecule has 0 radical (unpaired) electrons. The van der Waals surface area contributed by atoms with Crippen molar-refractivity contribution in [2.45, 2.75) is 84.2 Å². The first-order valence-corrected chi connectivity index (χ1v) is 27.1. The molecule has 0 aliphatic heterocycles. The summed E-state index contributed by atoms with van der Waals surface area (Å²) in [5, 5.41) is 32.2. The molecule has 0 saturated heterocycles. The first-order valence-electron chi connectivity index (χ1n) is 18.1. The van der Waals surface area contributed by atoms with E-state index in [1.54, 1.807) is 24.7 Å². The number of rotatable bonds is 16. The summed E-state index contributed by atoms with van der Waals surface area (Å²) in [5.41, 5.74) is 2.47. The molecule has 55 heavy (non-hydrogen) atoms. The van der Waals surface area contributed by atoms with E-state index in [2.05, 4.69) is 64.8 Å². The molecule has 13 nitrogen and oxygen atoms in total. The third-order valence-corrected chi connectivity index (χ3v) is 13.8. The monoisotopic (exact) mass is 821 g/mol. The lowest BCUT2D eigenvalue weighted by Crippen LogP contribution is -2.46. The van der Waals surface area contributed by atoms with Gasteiger partial charge >= 0.3 is 5.97 Å². The highest BCUT2D eigenvalue weighted by molar-refractivity contribution is 7.22. The van der Waals surface area contributed by atoms with Crippen LogP contribution in [0.25, 0.3) is 41.8 Å². The first-order chi connectivity index (χ1) is 25.9. The number of para-hydroxylation sites is 2. The molecule has 0 atom stereocenters. The van der Waals surface area contributed by atoms with E-state index in [0.717, 1.165) is 32.5 Å². The van der Waals surface area contributed by atoms with Gasteiger partial charge in [-0.05, 0) is 50.2 Å². The van der Waals surface area contributed by atoms with Crippen molar-refractivity contribution in [3.05, 3.63) is 72.1 Å². The van der Waals surface area contributed by atoms with Gasteiger partial charge in [0.25, 0.3) is 5.91 Å². The summed E-state index contributed by atoms with van der Waals surface area (Å²) in [6, 6.07) is 17.7. The van der Waals surface area contributed by atoms with Gasteiger partial charge in [0, 0.05) is 41.8 Å². The summed E-state index contributed by atoms with van der Waals surface area (Å²) >= 11 is 2.94. The number of amides is 1. The van der Waals surface area contributed by atoms with Crippen LogP contribution in [0, 0.1) is 0 Å². The topological polar surface area (TPSA) is 167 Å². The van der Waals surface area contributed by atoms with Crippen LogP contribution in [0.15, 0.2) is 60.9 Å². The number of benzene rings is 2. The number of aromatic carboxylic acids is 1. The molecular formula is C38H51N7O6S2Si2. The van der Waals surface area contributed by atoms with Gasteiger partial charge < -0.3 is 25.0 Å². The lowest BCUT2D eigenvalue weighted by atomic mass is 10.1. The van der Waals surface area contributed by atoms with Crippen LogP contribution in [0.2, 0.25) is 51.4 Å². The zero-order valence-electron chi connectivity index (χ0n) is 32.8. The second-order valence-corrected chi connectivity index (χ2v) is 29.6. The molecule has 4 heterocycles. The Morgan fingerprint density at radius 2 is 1.18 bits per heavy atom. The third-order valence-electron chi connectivity index (χ3n) is 8.28. The Labute approximate surface area is 331 Å². The number of carboxylic acid groups (broad SMARTS) is 1. The van der Waals surface area contributed by atoms with Crippen molar-refractivity contribution in [1.82, 2.24) is 34.8 Å². The molecule has 6 rings (SSSR count). The Balaban J connectivity index is 0.000000214. The number of hydrogen-bond donors (Lipinski definition) is 3. The van der Waals surface area contributed by atoms with Crippen LogP contribution < -0.4 is 5.32 Å². The van der Waals surface area contributed by atoms with Gasteiger partial charge in [-0.15, -0.1) is 22.7 Å². The van der Waals surface area contributed by atoms with Crippen molar-refractivity contribution in [1.29, 1.82) is 0 Å². The number of carboxylic acids is 1. The van der Waals surface area contributed by atoms with E-state index in [9.17, 15) is 19.8 Å². The zero-order valence-corrected chi connectivity index (χ0v) is 36.4. The normalized spacial score (nSPS) is 12.2. The number of fused-ring (bicyclic) bond motifs is 2. The van der Waals surface area contributed by atoms with E-state index >= 15 is 0 Å². The minimum atomic E-state index is -1.17. The molecule has 0 aliphatic rings. The van der Waals surface area contributed by atoms with Gasteiger partial charge in [-0.2, -0.15) is 10.2 Å². The molecule has 17 heteroatoms. The molecular weight excluding hydrogens is 771 g/mol. The largest absolute Gasteiger partial charge is 0.478 e. The molecule has 0 unspecified atom stereocenters. The van der Waals surface area contributed by atoms with Crippen LogP contribution >= 0.6 is 22.7 Å². The minimum absolute atomic E-state index is 0.146. The van der Waals surface area contributed by atoms with Gasteiger partial charge in [-0.3, -0.25) is 4.79 Å². The van der Waals surface area contributed by atoms with E-state index in [1.165, 1.54) is 33.6 Å². The Morgan fingerprint density at radius 3 is 1.60 bits per heavy atom. The van der Waals surface area contributed by atoms with Gasteiger partial charge in [0.1, 0.15) is 40.4 Å². The van der Waals surface area contributed by atoms with Crippen molar-refractivity contribution in [3.8, 4) is 21.4 Å². The van der Waals surface area contributed by atoms with Crippen LogP contribution in [0.5, 0.6) is 0 Å². The number of carbonyl (C=O) groups is 2. The lowest BCUT2D eigenvalue weighted by molar-refractivity contribution is 0.0693. The van der Waals surface area contributed by atoms with Crippen molar-refractivity contribution in [2.24, 2.45) is 0 Å². The summed E-state index contributed by atoms with van der Waals surface area (Å²) in [6.07, 6.45) is 3.21. The molecule has 294 valence electrons. The zero-order chi connectivity index (χ0) is 40.0. The van der Waals surface area contributed by atoms with Crippen LogP contribution in [0.4, 0.5) is 0 Å². The summed E-state index contributed by atoms with van der Waals surface area (Å²) in [6.45, 7) is 19.0. The predicted octanol–water partition coefficient (Wildman–Crippen LogP) is 8.14. The maximum atomic E-state index is 13.0. The quantitative estimate of drug-likeness (QED) is 0.0641. The fourth-order valence-corrected chi connectivity index (χ4v) is 8.49. The third kappa shape index (κ3) is 11.9. The van der Waals surface area contributed by atoms with Crippen molar-refractivity contribution in [3.63, 3.8) is 0 Å². The number of nitrogens with one attached hydrogen (secondary N) is 1. The second kappa shape index (κ2) is 17.8. The highest BCUT2D eigenvalue weighted by Crippen LogP contribution is 2.33. The van der Waals surface area contributed by atoms with E-state index in [0.29, 0.717) is 40.2 Å². The summed E-state index contributed by atoms with van der Waals surface area (Å²) < 4.78 is 16.7. The molecule has 0 fully saturated rings. The maximum Gasteiger partial charge on any atom is 0.339 e. The highest BCUT2D eigenvalue weighted by Gasteiger charge is 2.26. The van der Waals surface area contributed by atoms with Crippen molar-refractivity contribution in [2.75, 3.05) is 19.8 Å². The van der Waals surface area contributed by atoms with Gasteiger partial charge in [-0.25, -0.2) is 24.1 Å². The lowest BCUT2D eigenvalue weighted by Gasteiger charge is -2.23.